The molecule has 0 fully saturated rings. The Morgan fingerprint density at radius 1 is 1.16 bits per heavy atom. The van der Waals surface area contributed by atoms with Gasteiger partial charge in [-0.3, -0.25) is 9.59 Å². The smallest absolute Gasteiger partial charge is 0.239 e. The third-order valence-corrected chi connectivity index (χ3v) is 2.84. The van der Waals surface area contributed by atoms with E-state index in [9.17, 15) is 9.59 Å². The molecule has 0 aromatic carbocycles. The van der Waals surface area contributed by atoms with Crippen molar-refractivity contribution in [3.05, 3.63) is 0 Å². The Kier molecular flexibility index (Phi) is 6.49. The van der Waals surface area contributed by atoms with Gasteiger partial charge < -0.3 is 16.4 Å². The molecule has 0 spiro atoms. The molecule has 0 radical (unpaired) electrons. The quantitative estimate of drug-likeness (QED) is 0.674. The fraction of sp³-hybridized carbons (Fsp3) is 0.857. The lowest BCUT2D eigenvalue weighted by molar-refractivity contribution is -0.131. The zero-order valence-electron chi connectivity index (χ0n) is 13.1. The van der Waals surface area contributed by atoms with Crippen molar-refractivity contribution < 1.29 is 9.59 Å². The summed E-state index contributed by atoms with van der Waals surface area (Å²) in [6, 6.07) is 0. The summed E-state index contributed by atoms with van der Waals surface area (Å²) < 4.78 is 0. The predicted molar refractivity (Wildman–Crippen MR) is 77.5 cm³/mol. The van der Waals surface area contributed by atoms with E-state index in [1.807, 2.05) is 27.7 Å². The normalized spacial score (nSPS) is 14.9. The number of nitrogens with one attached hydrogen (secondary N) is 2. The average molecular weight is 271 g/mol. The Bertz CT molecular complexity index is 321. The molecule has 1 unspecified atom stereocenters. The van der Waals surface area contributed by atoms with Crippen LogP contribution in [0, 0.1) is 11.3 Å². The van der Waals surface area contributed by atoms with Crippen LogP contribution in [-0.4, -0.2) is 30.4 Å². The number of hydrogen-bond donors (Lipinski definition) is 3. The topological polar surface area (TPSA) is 84.2 Å². The lowest BCUT2D eigenvalue weighted by Crippen LogP contribution is -2.54. The highest BCUT2D eigenvalue weighted by Gasteiger charge is 2.27. The molecule has 5 nitrogen and oxygen atoms in total. The molecule has 0 aliphatic rings. The Hall–Kier alpha value is -1.10. The molecule has 0 aromatic rings. The molecule has 5 heteroatoms. The van der Waals surface area contributed by atoms with Crippen LogP contribution in [0.25, 0.3) is 0 Å². The molecule has 0 aliphatic carbocycles. The summed E-state index contributed by atoms with van der Waals surface area (Å²) in [5.74, 6) is 0.102. The number of carbonyl (C=O) groups is 2. The third-order valence-electron chi connectivity index (χ3n) is 2.84. The van der Waals surface area contributed by atoms with E-state index < -0.39 is 11.0 Å². The molecule has 1 atom stereocenters. The molecular formula is C14H29N3O2. The number of nitrogens with two attached hydrogens (primary N) is 1. The molecule has 0 aliphatic heterocycles. The van der Waals surface area contributed by atoms with E-state index >= 15 is 0 Å². The van der Waals surface area contributed by atoms with Gasteiger partial charge in [0.1, 0.15) is 0 Å². The first kappa shape index (κ1) is 17.9. The minimum Gasteiger partial charge on any atom is -0.348 e. The van der Waals surface area contributed by atoms with Gasteiger partial charge in [-0.2, -0.15) is 0 Å². The van der Waals surface area contributed by atoms with Crippen molar-refractivity contribution in [1.29, 1.82) is 0 Å². The second-order valence-corrected chi connectivity index (χ2v) is 6.84. The van der Waals surface area contributed by atoms with Gasteiger partial charge in [0.25, 0.3) is 0 Å². The summed E-state index contributed by atoms with van der Waals surface area (Å²) in [5, 5.41) is 5.53. The molecule has 0 heterocycles. The molecular weight excluding hydrogens is 242 g/mol. The highest BCUT2D eigenvalue weighted by atomic mass is 16.2. The summed E-state index contributed by atoms with van der Waals surface area (Å²) in [4.78, 5) is 23.5. The largest absolute Gasteiger partial charge is 0.348 e. The maximum Gasteiger partial charge on any atom is 0.239 e. The number of carbonyl (C=O) groups excluding carboxylic acids is 2. The van der Waals surface area contributed by atoms with E-state index in [2.05, 4.69) is 24.5 Å². The molecule has 0 saturated heterocycles. The van der Waals surface area contributed by atoms with E-state index in [-0.39, 0.29) is 18.4 Å². The summed E-state index contributed by atoms with van der Waals surface area (Å²) in [6.45, 7) is 11.9. The maximum atomic E-state index is 11.8. The standard InChI is InChI=1S/C14H29N3O2/c1-10(2)7-14(6,9-15)17-11(18)8-16-12(19)13(3,4)5/h10H,7-9,15H2,1-6H3,(H,16,19)(H,17,18). The Morgan fingerprint density at radius 3 is 2.05 bits per heavy atom. The SMILES string of the molecule is CC(C)CC(C)(CN)NC(=O)CNC(=O)C(C)(C)C. The second-order valence-electron chi connectivity index (χ2n) is 6.84. The van der Waals surface area contributed by atoms with Gasteiger partial charge in [0.15, 0.2) is 0 Å². The molecule has 0 rings (SSSR count). The van der Waals surface area contributed by atoms with Crippen LogP contribution >= 0.6 is 0 Å². The van der Waals surface area contributed by atoms with Crippen molar-refractivity contribution >= 4 is 11.8 Å². The van der Waals surface area contributed by atoms with Crippen LogP contribution in [0.4, 0.5) is 0 Å². The van der Waals surface area contributed by atoms with Gasteiger partial charge in [-0.25, -0.2) is 0 Å². The van der Waals surface area contributed by atoms with Crippen LogP contribution in [0.3, 0.4) is 0 Å². The van der Waals surface area contributed by atoms with Crippen molar-refractivity contribution in [2.24, 2.45) is 17.1 Å². The minimum absolute atomic E-state index is 0.0101. The summed E-state index contributed by atoms with van der Waals surface area (Å²) in [5.41, 5.74) is 4.82. The summed E-state index contributed by atoms with van der Waals surface area (Å²) in [7, 11) is 0. The van der Waals surface area contributed by atoms with Crippen LogP contribution in [0.5, 0.6) is 0 Å². The van der Waals surface area contributed by atoms with E-state index in [0.717, 1.165) is 6.42 Å². The number of hydrogen-bond acceptors (Lipinski definition) is 3. The number of rotatable bonds is 6. The van der Waals surface area contributed by atoms with Crippen LogP contribution in [0.15, 0.2) is 0 Å². The second kappa shape index (κ2) is 6.89. The van der Waals surface area contributed by atoms with Gasteiger partial charge in [-0.05, 0) is 19.3 Å². The zero-order chi connectivity index (χ0) is 15.3. The average Bonchev–Trinajstić information content (AvgIpc) is 2.23. The molecule has 4 N–H and O–H groups in total. The maximum absolute atomic E-state index is 11.8. The first-order valence-electron chi connectivity index (χ1n) is 6.79. The minimum atomic E-state index is -0.491. The first-order chi connectivity index (χ1) is 8.50. The van der Waals surface area contributed by atoms with Gasteiger partial charge >= 0.3 is 0 Å². The fourth-order valence-electron chi connectivity index (χ4n) is 1.89. The Morgan fingerprint density at radius 2 is 1.68 bits per heavy atom. The zero-order valence-corrected chi connectivity index (χ0v) is 13.1. The van der Waals surface area contributed by atoms with Crippen LogP contribution < -0.4 is 16.4 Å². The Balaban J connectivity index is 4.34. The predicted octanol–water partition coefficient (Wildman–Crippen LogP) is 1.03. The van der Waals surface area contributed by atoms with Crippen molar-refractivity contribution in [2.75, 3.05) is 13.1 Å². The van der Waals surface area contributed by atoms with Crippen molar-refractivity contribution in [2.45, 2.75) is 53.5 Å². The highest BCUT2D eigenvalue weighted by molar-refractivity contribution is 5.87. The molecule has 19 heavy (non-hydrogen) atoms. The first-order valence-corrected chi connectivity index (χ1v) is 6.79. The van der Waals surface area contributed by atoms with Gasteiger partial charge in [0, 0.05) is 17.5 Å². The van der Waals surface area contributed by atoms with E-state index in [1.54, 1.807) is 0 Å². The van der Waals surface area contributed by atoms with E-state index in [0.29, 0.717) is 12.5 Å². The highest BCUT2D eigenvalue weighted by Crippen LogP contribution is 2.15. The van der Waals surface area contributed by atoms with E-state index in [1.165, 1.54) is 0 Å². The molecule has 2 amide bonds. The lowest BCUT2D eigenvalue weighted by atomic mass is 9.90. The molecule has 112 valence electrons. The van der Waals surface area contributed by atoms with Crippen molar-refractivity contribution in [1.82, 2.24) is 10.6 Å². The molecule has 0 aromatic heterocycles. The summed E-state index contributed by atoms with van der Waals surface area (Å²) >= 11 is 0. The molecule has 0 saturated carbocycles. The van der Waals surface area contributed by atoms with Gasteiger partial charge in [0.05, 0.1) is 6.54 Å². The lowest BCUT2D eigenvalue weighted by Gasteiger charge is -2.31. The van der Waals surface area contributed by atoms with Crippen molar-refractivity contribution in [3.63, 3.8) is 0 Å². The molecule has 0 bridgehead atoms. The van der Waals surface area contributed by atoms with Gasteiger partial charge in [0.2, 0.25) is 11.8 Å². The third kappa shape index (κ3) is 7.15. The summed E-state index contributed by atoms with van der Waals surface area (Å²) in [6.07, 6.45) is 0.808. The van der Waals surface area contributed by atoms with Crippen LogP contribution in [0.1, 0.15) is 48.0 Å². The van der Waals surface area contributed by atoms with Crippen molar-refractivity contribution in [3.8, 4) is 0 Å². The Labute approximate surface area is 116 Å². The van der Waals surface area contributed by atoms with Crippen LogP contribution in [-0.2, 0) is 9.59 Å². The fourth-order valence-corrected chi connectivity index (χ4v) is 1.89. The van der Waals surface area contributed by atoms with Crippen LogP contribution in [0.2, 0.25) is 0 Å². The van der Waals surface area contributed by atoms with Gasteiger partial charge in [-0.15, -0.1) is 0 Å². The van der Waals surface area contributed by atoms with E-state index in [4.69, 9.17) is 5.73 Å². The monoisotopic (exact) mass is 271 g/mol. The number of amides is 2. The van der Waals surface area contributed by atoms with Gasteiger partial charge in [-0.1, -0.05) is 34.6 Å².